The Morgan fingerprint density at radius 2 is 1.08 bits per heavy atom. The summed E-state index contributed by atoms with van der Waals surface area (Å²) in [6.07, 6.45) is 0.588. The highest BCUT2D eigenvalue weighted by Gasteiger charge is 2.47. The molecule has 0 radical (unpaired) electrons. The molecule has 0 atom stereocenters. The van der Waals surface area contributed by atoms with Gasteiger partial charge in [-0.2, -0.15) is 0 Å². The molecule has 4 N–H and O–H groups in total. The van der Waals surface area contributed by atoms with E-state index in [1.165, 1.54) is 0 Å². The molecule has 0 aliphatic heterocycles. The van der Waals surface area contributed by atoms with Crippen LogP contribution in [-0.2, 0) is 9.59 Å². The zero-order valence-electron chi connectivity index (χ0n) is 14.6. The second kappa shape index (κ2) is 7.92. The van der Waals surface area contributed by atoms with Crippen molar-refractivity contribution in [1.82, 2.24) is 0 Å². The van der Waals surface area contributed by atoms with Gasteiger partial charge < -0.3 is 0 Å². The first-order valence-corrected chi connectivity index (χ1v) is 8.26. The monoisotopic (exact) mass is 340 g/mol. The molecule has 0 aliphatic carbocycles. The van der Waals surface area contributed by atoms with Crippen LogP contribution in [0.1, 0.15) is 26.7 Å². The van der Waals surface area contributed by atoms with Gasteiger partial charge in [-0.15, -0.1) is 0 Å². The number of anilines is 2. The molecular formula is C19H24N4O2. The van der Waals surface area contributed by atoms with Gasteiger partial charge in [-0.25, -0.2) is 21.7 Å². The Hall–Kier alpha value is -2.70. The maximum atomic E-state index is 13.1. The number of rotatable bonds is 6. The van der Waals surface area contributed by atoms with Crippen LogP contribution in [0.15, 0.2) is 60.7 Å². The summed E-state index contributed by atoms with van der Waals surface area (Å²) in [5.41, 5.74) is -0.278. The molecule has 0 unspecified atom stereocenters. The Balaban J connectivity index is 2.37. The van der Waals surface area contributed by atoms with Gasteiger partial charge in [0, 0.05) is 0 Å². The van der Waals surface area contributed by atoms with Crippen molar-refractivity contribution < 1.29 is 9.59 Å². The van der Waals surface area contributed by atoms with Gasteiger partial charge in [-0.3, -0.25) is 9.59 Å². The fourth-order valence-corrected chi connectivity index (χ4v) is 2.82. The second-order valence-electron chi connectivity index (χ2n) is 5.81. The number of hydrogen-bond acceptors (Lipinski definition) is 4. The van der Waals surface area contributed by atoms with Crippen molar-refractivity contribution in [2.75, 3.05) is 10.0 Å². The Morgan fingerprint density at radius 3 is 1.36 bits per heavy atom. The first kappa shape index (κ1) is 18.6. The lowest BCUT2D eigenvalue weighted by Gasteiger charge is -2.35. The third-order valence-electron chi connectivity index (χ3n) is 4.53. The third-order valence-corrected chi connectivity index (χ3v) is 4.53. The molecule has 2 aromatic rings. The van der Waals surface area contributed by atoms with Gasteiger partial charge in [0.2, 0.25) is 0 Å². The van der Waals surface area contributed by atoms with Gasteiger partial charge in [-0.1, -0.05) is 50.2 Å². The predicted molar refractivity (Wildman–Crippen MR) is 99.2 cm³/mol. The molecule has 132 valence electrons. The van der Waals surface area contributed by atoms with Crippen molar-refractivity contribution in [1.29, 1.82) is 0 Å². The maximum absolute atomic E-state index is 13.1. The standard InChI is InChI=1S/C19H24N4O2/c1-3-19(4-2,17(24)22(20)15-11-7-5-8-12-15)18(25)23(21)16-13-9-6-10-14-16/h5-14H,3-4,20-21H2,1-2H3. The van der Waals surface area contributed by atoms with Crippen LogP contribution in [0.4, 0.5) is 11.4 Å². The highest BCUT2D eigenvalue weighted by Crippen LogP contribution is 2.33. The molecule has 0 heterocycles. The lowest BCUT2D eigenvalue weighted by atomic mass is 9.79. The molecule has 2 aromatic carbocycles. The van der Waals surface area contributed by atoms with E-state index in [2.05, 4.69) is 0 Å². The summed E-state index contributed by atoms with van der Waals surface area (Å²) in [7, 11) is 0. The van der Waals surface area contributed by atoms with Crippen molar-refractivity contribution in [2.45, 2.75) is 26.7 Å². The van der Waals surface area contributed by atoms with E-state index in [9.17, 15) is 9.59 Å². The van der Waals surface area contributed by atoms with Crippen LogP contribution in [0.25, 0.3) is 0 Å². The van der Waals surface area contributed by atoms with Crippen molar-refractivity contribution >= 4 is 23.2 Å². The van der Waals surface area contributed by atoms with Crippen LogP contribution in [-0.4, -0.2) is 11.8 Å². The Bertz CT molecular complexity index is 655. The van der Waals surface area contributed by atoms with Gasteiger partial charge in [0.25, 0.3) is 11.8 Å². The number of hydrazine groups is 2. The number of nitrogens with zero attached hydrogens (tertiary/aromatic N) is 2. The minimum absolute atomic E-state index is 0.294. The van der Waals surface area contributed by atoms with E-state index in [0.717, 1.165) is 10.0 Å². The van der Waals surface area contributed by atoms with E-state index in [-0.39, 0.29) is 0 Å². The van der Waals surface area contributed by atoms with E-state index < -0.39 is 17.2 Å². The molecule has 25 heavy (non-hydrogen) atoms. The number of nitrogens with two attached hydrogens (primary N) is 2. The zero-order chi connectivity index (χ0) is 18.4. The summed E-state index contributed by atoms with van der Waals surface area (Å²) in [5.74, 6) is 11.1. The topological polar surface area (TPSA) is 92.7 Å². The van der Waals surface area contributed by atoms with Crippen LogP contribution in [0, 0.1) is 5.41 Å². The Labute approximate surface area is 148 Å². The zero-order valence-corrected chi connectivity index (χ0v) is 14.6. The Kier molecular flexibility index (Phi) is 5.90. The molecule has 6 heteroatoms. The summed E-state index contributed by atoms with van der Waals surface area (Å²) < 4.78 is 0. The predicted octanol–water partition coefficient (Wildman–Crippen LogP) is 2.61. The van der Waals surface area contributed by atoms with E-state index in [1.807, 2.05) is 12.1 Å². The summed E-state index contributed by atoms with van der Waals surface area (Å²) in [4.78, 5) is 26.2. The number of carbonyl (C=O) groups is 2. The van der Waals surface area contributed by atoms with E-state index in [1.54, 1.807) is 62.4 Å². The fraction of sp³-hybridized carbons (Fsp3) is 0.263. The number of para-hydroxylation sites is 2. The van der Waals surface area contributed by atoms with E-state index >= 15 is 0 Å². The molecule has 0 aromatic heterocycles. The second-order valence-corrected chi connectivity index (χ2v) is 5.81. The maximum Gasteiger partial charge on any atom is 0.256 e. The number of carbonyl (C=O) groups excluding carboxylic acids is 2. The van der Waals surface area contributed by atoms with Gasteiger partial charge in [0.1, 0.15) is 5.41 Å². The van der Waals surface area contributed by atoms with Crippen LogP contribution in [0.3, 0.4) is 0 Å². The van der Waals surface area contributed by atoms with E-state index in [4.69, 9.17) is 11.7 Å². The Morgan fingerprint density at radius 1 is 0.760 bits per heavy atom. The van der Waals surface area contributed by atoms with Gasteiger partial charge in [-0.05, 0) is 37.1 Å². The first-order chi connectivity index (χ1) is 12.0. The summed E-state index contributed by atoms with van der Waals surface area (Å²) in [5, 5.41) is 2.06. The molecule has 0 saturated heterocycles. The molecule has 2 rings (SSSR count). The van der Waals surface area contributed by atoms with Crippen molar-refractivity contribution in [3.05, 3.63) is 60.7 Å². The third kappa shape index (κ3) is 3.55. The first-order valence-electron chi connectivity index (χ1n) is 8.26. The summed E-state index contributed by atoms with van der Waals surface area (Å²) in [6, 6.07) is 17.7. The van der Waals surface area contributed by atoms with Crippen molar-refractivity contribution in [3.63, 3.8) is 0 Å². The molecule has 0 fully saturated rings. The molecule has 0 saturated carbocycles. The molecule has 0 bridgehead atoms. The minimum Gasteiger partial charge on any atom is -0.272 e. The summed E-state index contributed by atoms with van der Waals surface area (Å²) >= 11 is 0. The molecular weight excluding hydrogens is 316 g/mol. The fourth-order valence-electron chi connectivity index (χ4n) is 2.82. The van der Waals surface area contributed by atoms with Crippen molar-refractivity contribution in [2.24, 2.45) is 17.1 Å². The smallest absolute Gasteiger partial charge is 0.256 e. The van der Waals surface area contributed by atoms with Crippen LogP contribution < -0.4 is 21.7 Å². The minimum atomic E-state index is -1.32. The SMILES string of the molecule is CCC(CC)(C(=O)N(N)c1ccccc1)C(=O)N(N)c1ccccc1. The van der Waals surface area contributed by atoms with Gasteiger partial charge in [0.15, 0.2) is 0 Å². The lowest BCUT2D eigenvalue weighted by molar-refractivity contribution is -0.141. The molecule has 0 aliphatic rings. The van der Waals surface area contributed by atoms with Crippen LogP contribution >= 0.6 is 0 Å². The highest BCUT2D eigenvalue weighted by atomic mass is 16.2. The van der Waals surface area contributed by atoms with Crippen LogP contribution in [0.5, 0.6) is 0 Å². The molecule has 0 spiro atoms. The normalized spacial score (nSPS) is 11.0. The average Bonchev–Trinajstić information content (AvgIpc) is 2.69. The number of hydrogen-bond donors (Lipinski definition) is 2. The summed E-state index contributed by atoms with van der Waals surface area (Å²) in [6.45, 7) is 3.58. The average molecular weight is 340 g/mol. The van der Waals surface area contributed by atoms with Gasteiger partial charge in [0.05, 0.1) is 11.4 Å². The van der Waals surface area contributed by atoms with Crippen molar-refractivity contribution in [3.8, 4) is 0 Å². The van der Waals surface area contributed by atoms with Gasteiger partial charge >= 0.3 is 0 Å². The van der Waals surface area contributed by atoms with E-state index in [0.29, 0.717) is 24.2 Å². The highest BCUT2D eigenvalue weighted by molar-refractivity contribution is 6.15. The number of amides is 2. The largest absolute Gasteiger partial charge is 0.272 e. The molecule has 2 amide bonds. The number of benzene rings is 2. The molecule has 6 nitrogen and oxygen atoms in total. The lowest BCUT2D eigenvalue weighted by Crippen LogP contribution is -2.57. The van der Waals surface area contributed by atoms with Crippen LogP contribution in [0.2, 0.25) is 0 Å². The quantitative estimate of drug-likeness (QED) is 0.366.